The second kappa shape index (κ2) is 6.39. The number of carbonyl (C=O) groups is 2. The number of esters is 1. The summed E-state index contributed by atoms with van der Waals surface area (Å²) in [6.45, 7) is 2.05. The Labute approximate surface area is 124 Å². The summed E-state index contributed by atoms with van der Waals surface area (Å²) in [7, 11) is 3.04. The summed E-state index contributed by atoms with van der Waals surface area (Å²) in [5.41, 5.74) is 3.00. The van der Waals surface area contributed by atoms with Gasteiger partial charge in [-0.05, 0) is 29.5 Å². The van der Waals surface area contributed by atoms with Gasteiger partial charge in [0, 0.05) is 7.05 Å². The molecule has 0 aliphatic rings. The number of rotatable bonds is 5. The molecule has 21 heavy (non-hydrogen) atoms. The van der Waals surface area contributed by atoms with Gasteiger partial charge in [0.15, 0.2) is 6.29 Å². The van der Waals surface area contributed by atoms with Gasteiger partial charge < -0.3 is 9.30 Å². The summed E-state index contributed by atoms with van der Waals surface area (Å²) >= 11 is 0. The highest BCUT2D eigenvalue weighted by Crippen LogP contribution is 2.26. The molecule has 0 saturated heterocycles. The first-order valence-electron chi connectivity index (χ1n) is 6.85. The van der Waals surface area contributed by atoms with Gasteiger partial charge in [0.25, 0.3) is 0 Å². The van der Waals surface area contributed by atoms with Gasteiger partial charge in [-0.2, -0.15) is 0 Å². The Kier molecular flexibility index (Phi) is 4.58. The largest absolute Gasteiger partial charge is 0.464 e. The first-order chi connectivity index (χ1) is 10.1. The average Bonchev–Trinajstić information content (AvgIpc) is 2.84. The van der Waals surface area contributed by atoms with E-state index in [0.29, 0.717) is 11.4 Å². The molecule has 110 valence electrons. The third kappa shape index (κ3) is 3.05. The minimum Gasteiger partial charge on any atom is -0.464 e. The molecule has 2 rings (SSSR count). The van der Waals surface area contributed by atoms with Crippen LogP contribution < -0.4 is 0 Å². The molecule has 0 aliphatic heterocycles. The Bertz CT molecular complexity index is 644. The Morgan fingerprint density at radius 2 is 2.00 bits per heavy atom. The van der Waals surface area contributed by atoms with E-state index in [9.17, 15) is 9.59 Å². The number of ether oxygens (including phenoxy) is 1. The molecule has 1 atom stereocenters. The van der Waals surface area contributed by atoms with Crippen LogP contribution >= 0.6 is 0 Å². The van der Waals surface area contributed by atoms with Gasteiger partial charge in [-0.25, -0.2) is 4.79 Å². The zero-order chi connectivity index (χ0) is 15.4. The van der Waals surface area contributed by atoms with Gasteiger partial charge >= 0.3 is 5.97 Å². The van der Waals surface area contributed by atoms with Crippen molar-refractivity contribution < 1.29 is 14.3 Å². The highest BCUT2D eigenvalue weighted by atomic mass is 16.5. The number of methoxy groups -OCH3 is 1. The van der Waals surface area contributed by atoms with E-state index in [1.807, 2.05) is 18.2 Å². The van der Waals surface area contributed by atoms with E-state index in [-0.39, 0.29) is 5.92 Å². The van der Waals surface area contributed by atoms with Crippen LogP contribution in [0, 0.1) is 0 Å². The monoisotopic (exact) mass is 285 g/mol. The van der Waals surface area contributed by atoms with Crippen LogP contribution in [-0.4, -0.2) is 23.9 Å². The van der Waals surface area contributed by atoms with Crippen LogP contribution in [-0.2, 0) is 18.2 Å². The van der Waals surface area contributed by atoms with Crippen LogP contribution in [0.25, 0.3) is 0 Å². The molecule has 2 aromatic rings. The third-order valence-electron chi connectivity index (χ3n) is 3.73. The summed E-state index contributed by atoms with van der Waals surface area (Å²) in [5.74, 6) is -0.295. The van der Waals surface area contributed by atoms with Crippen molar-refractivity contribution in [1.29, 1.82) is 0 Å². The molecule has 1 aromatic carbocycles. The van der Waals surface area contributed by atoms with E-state index in [0.717, 1.165) is 18.3 Å². The van der Waals surface area contributed by atoms with Gasteiger partial charge in [-0.3, -0.25) is 4.79 Å². The fourth-order valence-electron chi connectivity index (χ4n) is 2.56. The molecule has 4 nitrogen and oxygen atoms in total. The normalized spacial score (nSPS) is 12.0. The lowest BCUT2D eigenvalue weighted by atomic mass is 9.94. The van der Waals surface area contributed by atoms with Crippen molar-refractivity contribution in [2.24, 2.45) is 7.05 Å². The molecule has 1 unspecified atom stereocenters. The van der Waals surface area contributed by atoms with E-state index >= 15 is 0 Å². The number of aromatic nitrogens is 1. The number of benzene rings is 1. The highest BCUT2D eigenvalue weighted by Gasteiger charge is 2.21. The van der Waals surface area contributed by atoms with Crippen molar-refractivity contribution >= 4 is 12.3 Å². The molecule has 0 N–H and O–H groups in total. The Balaban J connectivity index is 2.34. The van der Waals surface area contributed by atoms with E-state index in [2.05, 4.69) is 19.1 Å². The Morgan fingerprint density at radius 3 is 2.57 bits per heavy atom. The number of nitrogens with zero attached hydrogens (tertiary/aromatic N) is 1. The van der Waals surface area contributed by atoms with Crippen LogP contribution in [0.3, 0.4) is 0 Å². The number of hydrogen-bond donors (Lipinski definition) is 0. The fraction of sp³-hybridized carbons (Fsp3) is 0.294. The molecule has 0 aliphatic carbocycles. The molecule has 0 spiro atoms. The molecule has 1 aromatic heterocycles. The quantitative estimate of drug-likeness (QED) is 0.627. The molecule has 0 saturated carbocycles. The van der Waals surface area contributed by atoms with Gasteiger partial charge in [-0.1, -0.05) is 37.3 Å². The first-order valence-corrected chi connectivity index (χ1v) is 6.85. The van der Waals surface area contributed by atoms with Gasteiger partial charge in [0.05, 0.1) is 12.8 Å². The van der Waals surface area contributed by atoms with E-state index in [1.54, 1.807) is 17.7 Å². The van der Waals surface area contributed by atoms with Gasteiger partial charge in [-0.15, -0.1) is 0 Å². The maximum absolute atomic E-state index is 11.7. The third-order valence-corrected chi connectivity index (χ3v) is 3.73. The van der Waals surface area contributed by atoms with Gasteiger partial charge in [0.2, 0.25) is 0 Å². The Hall–Kier alpha value is -2.36. The lowest BCUT2D eigenvalue weighted by Gasteiger charge is -2.11. The second-order valence-electron chi connectivity index (χ2n) is 5.13. The van der Waals surface area contributed by atoms with Crippen LogP contribution in [0.1, 0.15) is 44.9 Å². The molecule has 0 radical (unpaired) electrons. The summed E-state index contributed by atoms with van der Waals surface area (Å²) in [4.78, 5) is 23.1. The van der Waals surface area contributed by atoms with E-state index in [1.165, 1.54) is 12.7 Å². The number of carbonyl (C=O) groups excluding carboxylic acids is 2. The van der Waals surface area contributed by atoms with Crippen LogP contribution in [0.4, 0.5) is 0 Å². The fourth-order valence-corrected chi connectivity index (χ4v) is 2.56. The average molecular weight is 285 g/mol. The first kappa shape index (κ1) is 15.0. The van der Waals surface area contributed by atoms with Crippen LogP contribution in [0.5, 0.6) is 0 Å². The van der Waals surface area contributed by atoms with Crippen molar-refractivity contribution in [1.82, 2.24) is 4.57 Å². The minimum absolute atomic E-state index is 0.136. The predicted octanol–water partition coefficient (Wildman–Crippen LogP) is 2.97. The molecule has 4 heteroatoms. The van der Waals surface area contributed by atoms with E-state index < -0.39 is 5.97 Å². The SMILES string of the molecule is COC(=O)c1cc(C(C)Cc2ccccc2)c(C=O)n1C. The van der Waals surface area contributed by atoms with Crippen molar-refractivity contribution in [2.75, 3.05) is 7.11 Å². The molecule has 0 fully saturated rings. The lowest BCUT2D eigenvalue weighted by Crippen LogP contribution is -2.09. The minimum atomic E-state index is -0.432. The predicted molar refractivity (Wildman–Crippen MR) is 80.7 cm³/mol. The number of hydrogen-bond acceptors (Lipinski definition) is 3. The summed E-state index contributed by atoms with van der Waals surface area (Å²) in [5, 5.41) is 0. The van der Waals surface area contributed by atoms with E-state index in [4.69, 9.17) is 4.74 Å². The van der Waals surface area contributed by atoms with Crippen LogP contribution in [0.15, 0.2) is 36.4 Å². The number of aldehydes is 1. The maximum atomic E-state index is 11.7. The zero-order valence-electron chi connectivity index (χ0n) is 12.5. The lowest BCUT2D eigenvalue weighted by molar-refractivity contribution is 0.0590. The highest BCUT2D eigenvalue weighted by molar-refractivity contribution is 5.90. The summed E-state index contributed by atoms with van der Waals surface area (Å²) in [6.07, 6.45) is 1.61. The molecule has 0 amide bonds. The standard InChI is InChI=1S/C17H19NO3/c1-12(9-13-7-5-4-6-8-13)14-10-15(17(20)21-3)18(2)16(14)11-19/h4-8,10-12H,9H2,1-3H3. The molecular weight excluding hydrogens is 266 g/mol. The topological polar surface area (TPSA) is 48.3 Å². The summed E-state index contributed by atoms with van der Waals surface area (Å²) < 4.78 is 6.35. The molecule has 1 heterocycles. The smallest absolute Gasteiger partial charge is 0.354 e. The van der Waals surface area contributed by atoms with Crippen LogP contribution in [0.2, 0.25) is 0 Å². The van der Waals surface area contributed by atoms with Gasteiger partial charge in [0.1, 0.15) is 5.69 Å². The molecular formula is C17H19NO3. The maximum Gasteiger partial charge on any atom is 0.354 e. The summed E-state index contributed by atoms with van der Waals surface area (Å²) in [6, 6.07) is 11.8. The van der Waals surface area contributed by atoms with Crippen molar-refractivity contribution in [3.63, 3.8) is 0 Å². The zero-order valence-corrected chi connectivity index (χ0v) is 12.5. The Morgan fingerprint density at radius 1 is 1.33 bits per heavy atom. The van der Waals surface area contributed by atoms with Crippen molar-refractivity contribution in [2.45, 2.75) is 19.3 Å². The van der Waals surface area contributed by atoms with Crippen molar-refractivity contribution in [3.8, 4) is 0 Å². The van der Waals surface area contributed by atoms with Crippen molar-refractivity contribution in [3.05, 3.63) is 58.9 Å². The molecule has 0 bridgehead atoms. The second-order valence-corrected chi connectivity index (χ2v) is 5.13.